The van der Waals surface area contributed by atoms with Crippen LogP contribution in [0.1, 0.15) is 86.0 Å². The van der Waals surface area contributed by atoms with Gasteiger partial charge in [0, 0.05) is 18.3 Å². The van der Waals surface area contributed by atoms with E-state index >= 15 is 0 Å². The zero-order chi connectivity index (χ0) is 24.5. The van der Waals surface area contributed by atoms with E-state index in [0.29, 0.717) is 25.2 Å². The Morgan fingerprint density at radius 1 is 0.848 bits per heavy atom. The minimum absolute atomic E-state index is 0.120. The summed E-state index contributed by atoms with van der Waals surface area (Å²) in [5.41, 5.74) is -1.90. The van der Waals surface area contributed by atoms with E-state index in [9.17, 15) is 30.6 Å². The fraction of sp³-hybridized carbons (Fsp3) is 1.00. The Labute approximate surface area is 199 Å². The van der Waals surface area contributed by atoms with Gasteiger partial charge in [-0.05, 0) is 79.4 Å². The van der Waals surface area contributed by atoms with Gasteiger partial charge in [0.05, 0.1) is 36.1 Å². The van der Waals surface area contributed by atoms with E-state index in [4.69, 9.17) is 0 Å². The van der Waals surface area contributed by atoms with E-state index < -0.39 is 41.3 Å². The minimum atomic E-state index is -1.19. The molecule has 192 valence electrons. The first kappa shape index (κ1) is 25.8. The van der Waals surface area contributed by atoms with Crippen LogP contribution in [0.3, 0.4) is 0 Å². The van der Waals surface area contributed by atoms with Gasteiger partial charge in [-0.15, -0.1) is 0 Å². The molecule has 6 N–H and O–H groups in total. The smallest absolute Gasteiger partial charge is 0.0857 e. The van der Waals surface area contributed by atoms with Crippen molar-refractivity contribution in [1.29, 1.82) is 0 Å². The zero-order valence-corrected chi connectivity index (χ0v) is 21.2. The van der Waals surface area contributed by atoms with Gasteiger partial charge in [-0.1, -0.05) is 34.6 Å². The first-order chi connectivity index (χ1) is 15.3. The molecular formula is C27H48O6. The van der Waals surface area contributed by atoms with Crippen molar-refractivity contribution < 1.29 is 30.6 Å². The van der Waals surface area contributed by atoms with Crippen LogP contribution in [-0.4, -0.2) is 66.8 Å². The molecule has 33 heavy (non-hydrogen) atoms. The Balaban J connectivity index is 1.61. The van der Waals surface area contributed by atoms with Crippen LogP contribution in [0.15, 0.2) is 0 Å². The molecule has 0 amide bonds. The second kappa shape index (κ2) is 8.70. The summed E-state index contributed by atoms with van der Waals surface area (Å²) >= 11 is 0. The Morgan fingerprint density at radius 2 is 1.48 bits per heavy atom. The second-order valence-corrected chi connectivity index (χ2v) is 13.2. The number of hydrogen-bond donors (Lipinski definition) is 6. The molecule has 2 unspecified atom stereocenters. The summed E-state index contributed by atoms with van der Waals surface area (Å²) < 4.78 is 0. The van der Waals surface area contributed by atoms with Crippen LogP contribution in [0, 0.1) is 46.3 Å². The number of aliphatic hydroxyl groups is 6. The molecule has 0 aromatic heterocycles. The normalized spacial score (nSPS) is 53.8. The maximum Gasteiger partial charge on any atom is 0.0857 e. The SMILES string of the molecule is CC(C)[C@@H](O)CC[C@@H](C)[C@H]1C[C@@H](O)[C@H]2C3(O)C[C@@H](O)[C@H]4[C@@H](O)[C@@H](O)CC[C@]4(C)C3CC[C@]12C. The van der Waals surface area contributed by atoms with Crippen molar-refractivity contribution >= 4 is 0 Å². The molecule has 6 heteroatoms. The third-order valence-electron chi connectivity index (χ3n) is 11.2. The van der Waals surface area contributed by atoms with Gasteiger partial charge in [-0.2, -0.15) is 0 Å². The molecule has 4 rings (SSSR count). The first-order valence-corrected chi connectivity index (χ1v) is 13.4. The predicted molar refractivity (Wildman–Crippen MR) is 126 cm³/mol. The van der Waals surface area contributed by atoms with Crippen LogP contribution in [0.25, 0.3) is 0 Å². The topological polar surface area (TPSA) is 121 Å². The summed E-state index contributed by atoms with van der Waals surface area (Å²) in [4.78, 5) is 0. The van der Waals surface area contributed by atoms with Crippen molar-refractivity contribution in [1.82, 2.24) is 0 Å². The molecule has 6 nitrogen and oxygen atoms in total. The largest absolute Gasteiger partial charge is 0.393 e. The van der Waals surface area contributed by atoms with Crippen molar-refractivity contribution in [2.24, 2.45) is 46.3 Å². The highest BCUT2D eigenvalue weighted by molar-refractivity contribution is 5.20. The van der Waals surface area contributed by atoms with Gasteiger partial charge in [-0.25, -0.2) is 0 Å². The molecule has 0 spiro atoms. The van der Waals surface area contributed by atoms with Crippen molar-refractivity contribution in [3.8, 4) is 0 Å². The fourth-order valence-electron chi connectivity index (χ4n) is 9.48. The zero-order valence-electron chi connectivity index (χ0n) is 21.2. The summed E-state index contributed by atoms with van der Waals surface area (Å²) in [6, 6.07) is 0. The quantitative estimate of drug-likeness (QED) is 0.369. The van der Waals surface area contributed by atoms with E-state index in [0.717, 1.165) is 25.7 Å². The minimum Gasteiger partial charge on any atom is -0.393 e. The highest BCUT2D eigenvalue weighted by atomic mass is 16.3. The van der Waals surface area contributed by atoms with Crippen LogP contribution in [0.4, 0.5) is 0 Å². The number of hydrogen-bond acceptors (Lipinski definition) is 6. The van der Waals surface area contributed by atoms with Crippen molar-refractivity contribution in [3.05, 3.63) is 0 Å². The van der Waals surface area contributed by atoms with Gasteiger partial charge in [0.25, 0.3) is 0 Å². The third kappa shape index (κ3) is 3.82. The van der Waals surface area contributed by atoms with Crippen LogP contribution < -0.4 is 0 Å². The summed E-state index contributed by atoms with van der Waals surface area (Å²) in [6.45, 7) is 10.6. The highest BCUT2D eigenvalue weighted by Crippen LogP contribution is 2.69. The van der Waals surface area contributed by atoms with Crippen LogP contribution in [0.5, 0.6) is 0 Å². The Hall–Kier alpha value is -0.240. The predicted octanol–water partition coefficient (Wildman–Crippen LogP) is 2.47. The molecule has 0 aliphatic heterocycles. The van der Waals surface area contributed by atoms with Gasteiger partial charge in [0.1, 0.15) is 0 Å². The second-order valence-electron chi connectivity index (χ2n) is 13.2. The maximum atomic E-state index is 12.3. The van der Waals surface area contributed by atoms with E-state index in [1.165, 1.54) is 0 Å². The summed E-state index contributed by atoms with van der Waals surface area (Å²) in [5, 5.41) is 66.2. The number of aliphatic hydroxyl groups excluding tert-OH is 5. The lowest BCUT2D eigenvalue weighted by Gasteiger charge is -2.66. The lowest BCUT2D eigenvalue weighted by Crippen LogP contribution is -2.70. The van der Waals surface area contributed by atoms with Crippen molar-refractivity contribution in [3.63, 3.8) is 0 Å². The molecule has 0 aromatic rings. The summed E-state index contributed by atoms with van der Waals surface area (Å²) in [5.74, 6) is -0.0861. The molecule has 4 aliphatic rings. The van der Waals surface area contributed by atoms with Crippen LogP contribution >= 0.6 is 0 Å². The molecule has 0 aromatic carbocycles. The van der Waals surface area contributed by atoms with Gasteiger partial charge in [0.15, 0.2) is 0 Å². The summed E-state index contributed by atoms with van der Waals surface area (Å²) in [7, 11) is 0. The van der Waals surface area contributed by atoms with Gasteiger partial charge in [-0.3, -0.25) is 0 Å². The van der Waals surface area contributed by atoms with E-state index in [2.05, 4.69) is 20.8 Å². The van der Waals surface area contributed by atoms with E-state index in [-0.39, 0.29) is 41.6 Å². The molecule has 4 saturated carbocycles. The lowest BCUT2D eigenvalue weighted by atomic mass is 9.41. The van der Waals surface area contributed by atoms with Crippen molar-refractivity contribution in [2.45, 2.75) is 122 Å². The first-order valence-electron chi connectivity index (χ1n) is 13.4. The average Bonchev–Trinajstić information content (AvgIpc) is 3.00. The average molecular weight is 469 g/mol. The highest BCUT2D eigenvalue weighted by Gasteiger charge is 2.71. The van der Waals surface area contributed by atoms with E-state index in [1.807, 2.05) is 13.8 Å². The van der Waals surface area contributed by atoms with Crippen LogP contribution in [0.2, 0.25) is 0 Å². The molecule has 4 aliphatic carbocycles. The molecule has 4 fully saturated rings. The maximum absolute atomic E-state index is 12.3. The van der Waals surface area contributed by atoms with E-state index in [1.54, 1.807) is 0 Å². The Kier molecular flexibility index (Phi) is 6.82. The molecule has 13 atom stereocenters. The van der Waals surface area contributed by atoms with Gasteiger partial charge in [0.2, 0.25) is 0 Å². The lowest BCUT2D eigenvalue weighted by molar-refractivity contribution is -0.280. The number of rotatable bonds is 5. The number of fused-ring (bicyclic) bond motifs is 5. The van der Waals surface area contributed by atoms with Crippen LogP contribution in [-0.2, 0) is 0 Å². The molecular weight excluding hydrogens is 420 g/mol. The third-order valence-corrected chi connectivity index (χ3v) is 11.2. The standard InChI is InChI=1S/C27H48O6/c1-14(2)17(28)7-6-15(3)16-12-19(30)24-25(16,4)11-9-21-26(5)10-8-18(29)23(32)22(26)20(31)13-27(21,24)33/h14-24,28-33H,6-13H2,1-5H3/t15-,16-,17+,18+,19-,20-,21?,22+,23+,24-,25-,26-,27?/m1/s1. The molecule has 0 bridgehead atoms. The monoisotopic (exact) mass is 468 g/mol. The summed E-state index contributed by atoms with van der Waals surface area (Å²) in [6.07, 6.45) is 1.60. The fourth-order valence-corrected chi connectivity index (χ4v) is 9.48. The Bertz CT molecular complexity index is 715. The molecule has 0 saturated heterocycles. The van der Waals surface area contributed by atoms with Gasteiger partial charge >= 0.3 is 0 Å². The van der Waals surface area contributed by atoms with Crippen molar-refractivity contribution in [2.75, 3.05) is 0 Å². The Morgan fingerprint density at radius 3 is 2.12 bits per heavy atom. The molecule has 0 heterocycles. The molecule has 0 radical (unpaired) electrons. The van der Waals surface area contributed by atoms with Gasteiger partial charge < -0.3 is 30.6 Å².